The van der Waals surface area contributed by atoms with Gasteiger partial charge in [-0.3, -0.25) is 0 Å². The fraction of sp³-hybridized carbons (Fsp3) is 0.103. The first-order chi connectivity index (χ1) is 16.9. The second kappa shape index (κ2) is 8.99. The molecule has 0 saturated carbocycles. The highest BCUT2D eigenvalue weighted by molar-refractivity contribution is 5.84. The van der Waals surface area contributed by atoms with E-state index in [9.17, 15) is 0 Å². The molecule has 2 heterocycles. The fourth-order valence-electron chi connectivity index (χ4n) is 4.52. The predicted molar refractivity (Wildman–Crippen MR) is 146 cm³/mol. The van der Waals surface area contributed by atoms with Crippen LogP contribution >= 0.6 is 0 Å². The Morgan fingerprint density at radius 1 is 0.714 bits per heavy atom. The van der Waals surface area contributed by atoms with Crippen LogP contribution in [0, 0.1) is 0 Å². The van der Waals surface area contributed by atoms with Crippen molar-refractivity contribution in [2.45, 2.75) is 12.8 Å². The maximum absolute atomic E-state index is 5.93. The van der Waals surface area contributed by atoms with Gasteiger partial charge in [-0.15, -0.1) is 0 Å². The van der Waals surface area contributed by atoms with Crippen LogP contribution in [0.1, 0.15) is 22.5 Å². The van der Waals surface area contributed by atoms with Crippen molar-refractivity contribution in [3.63, 3.8) is 0 Å². The number of nitrogens with zero attached hydrogens (tertiary/aromatic N) is 2. The van der Waals surface area contributed by atoms with Gasteiger partial charge in [0, 0.05) is 51.2 Å². The first-order valence-corrected chi connectivity index (χ1v) is 11.5. The Balaban J connectivity index is 0.000000145. The summed E-state index contributed by atoms with van der Waals surface area (Å²) in [7, 11) is 2.05. The molecular weight excluding hydrogens is 432 g/mol. The maximum atomic E-state index is 5.93. The fourth-order valence-corrected chi connectivity index (χ4v) is 4.52. The number of benzene rings is 2. The second-order valence-electron chi connectivity index (χ2n) is 8.92. The molecule has 0 aliphatic heterocycles. The van der Waals surface area contributed by atoms with E-state index in [0.29, 0.717) is 0 Å². The Morgan fingerprint density at radius 2 is 1.34 bits per heavy atom. The number of anilines is 2. The minimum atomic E-state index is 0.730. The number of rotatable bonds is 0. The lowest BCUT2D eigenvalue weighted by Crippen LogP contribution is -2.34. The lowest BCUT2D eigenvalue weighted by molar-refractivity contribution is -0.647. The molecule has 2 aromatic carbocycles. The standard InChI is InChI=1S/C15H15N3.C14H13N3/c1-18-14-8-12(16)4-2-3-10(14)7-11-5-6-13(17)9-15(11)18;15-11-3-1-2-9-6-10-4-5-12(16)8-14(10)17-13(9)7-11/h2,4-9H,3H2,1H3,(H3,16,17);1,3-8H,2,15-16H2/p+1. The van der Waals surface area contributed by atoms with Gasteiger partial charge in [0.15, 0.2) is 0 Å². The van der Waals surface area contributed by atoms with Crippen molar-refractivity contribution in [1.82, 2.24) is 4.98 Å². The van der Waals surface area contributed by atoms with Crippen molar-refractivity contribution < 1.29 is 4.57 Å². The zero-order chi connectivity index (χ0) is 24.5. The monoisotopic (exact) mass is 461 g/mol. The molecule has 0 saturated heterocycles. The van der Waals surface area contributed by atoms with Crippen molar-refractivity contribution in [1.29, 1.82) is 0 Å². The molecule has 6 nitrogen and oxygen atoms in total. The summed E-state index contributed by atoms with van der Waals surface area (Å²) in [4.78, 5) is 4.61. The van der Waals surface area contributed by atoms with Crippen LogP contribution in [0.5, 0.6) is 0 Å². The van der Waals surface area contributed by atoms with Crippen LogP contribution in [0.3, 0.4) is 0 Å². The summed E-state index contributed by atoms with van der Waals surface area (Å²) >= 11 is 0. The Kier molecular flexibility index (Phi) is 5.71. The topological polar surface area (TPSA) is 121 Å². The molecule has 174 valence electrons. The molecule has 35 heavy (non-hydrogen) atoms. The van der Waals surface area contributed by atoms with Gasteiger partial charge in [0.1, 0.15) is 7.05 Å². The molecule has 0 amide bonds. The van der Waals surface area contributed by atoms with Gasteiger partial charge in [0.2, 0.25) is 11.2 Å². The van der Waals surface area contributed by atoms with Crippen LogP contribution in [-0.4, -0.2) is 4.98 Å². The summed E-state index contributed by atoms with van der Waals surface area (Å²) in [5.41, 5.74) is 33.0. The van der Waals surface area contributed by atoms with E-state index < -0.39 is 0 Å². The van der Waals surface area contributed by atoms with Gasteiger partial charge in [-0.1, -0.05) is 18.2 Å². The van der Waals surface area contributed by atoms with Crippen LogP contribution in [0.15, 0.2) is 84.2 Å². The molecular formula is C29H29N6+. The number of fused-ring (bicyclic) bond motifs is 4. The first-order valence-electron chi connectivity index (χ1n) is 11.5. The first kappa shape index (κ1) is 22.2. The van der Waals surface area contributed by atoms with Gasteiger partial charge < -0.3 is 22.9 Å². The number of aryl methyl sites for hydroxylation is 1. The molecule has 0 fully saturated rings. The SMILES string of the molecule is C[n+]1c2c(cc3ccc(N)cc31)CC=CC(N)=C2.NC1=Cc2nc3cc(N)ccc3cc2CC=C1. The minimum Gasteiger partial charge on any atom is -0.399 e. The van der Waals surface area contributed by atoms with E-state index in [-0.39, 0.29) is 0 Å². The van der Waals surface area contributed by atoms with Crippen molar-refractivity contribution in [2.24, 2.45) is 18.5 Å². The molecule has 0 unspecified atom stereocenters. The highest BCUT2D eigenvalue weighted by Crippen LogP contribution is 2.23. The van der Waals surface area contributed by atoms with Gasteiger partial charge >= 0.3 is 0 Å². The summed E-state index contributed by atoms with van der Waals surface area (Å²) in [6.45, 7) is 0. The lowest BCUT2D eigenvalue weighted by atomic mass is 10.1. The molecule has 6 heteroatoms. The molecule has 0 radical (unpaired) electrons. The van der Waals surface area contributed by atoms with Crippen molar-refractivity contribution in [3.05, 3.63) is 107 Å². The van der Waals surface area contributed by atoms with Crippen molar-refractivity contribution in [2.75, 3.05) is 11.5 Å². The minimum absolute atomic E-state index is 0.730. The van der Waals surface area contributed by atoms with E-state index in [1.807, 2.05) is 54.6 Å². The van der Waals surface area contributed by atoms with Crippen LogP contribution in [-0.2, 0) is 19.9 Å². The molecule has 0 spiro atoms. The van der Waals surface area contributed by atoms with Crippen molar-refractivity contribution >= 4 is 45.3 Å². The van der Waals surface area contributed by atoms with E-state index in [0.717, 1.165) is 63.4 Å². The third kappa shape index (κ3) is 4.59. The van der Waals surface area contributed by atoms with Crippen molar-refractivity contribution in [3.8, 4) is 0 Å². The third-order valence-corrected chi connectivity index (χ3v) is 6.29. The second-order valence-corrected chi connectivity index (χ2v) is 8.92. The average molecular weight is 462 g/mol. The molecule has 0 bridgehead atoms. The summed E-state index contributed by atoms with van der Waals surface area (Å²) < 4.78 is 2.15. The number of nitrogen functional groups attached to an aromatic ring is 2. The summed E-state index contributed by atoms with van der Waals surface area (Å²) in [6.07, 6.45) is 13.7. The Morgan fingerprint density at radius 3 is 2.11 bits per heavy atom. The number of hydrogen-bond donors (Lipinski definition) is 4. The van der Waals surface area contributed by atoms with E-state index in [1.165, 1.54) is 16.5 Å². The quantitative estimate of drug-likeness (QED) is 0.234. The number of pyridine rings is 2. The Hall–Kier alpha value is -4.58. The molecule has 2 aliphatic carbocycles. The van der Waals surface area contributed by atoms with E-state index in [2.05, 4.69) is 46.9 Å². The Bertz CT molecular complexity index is 1590. The summed E-state index contributed by atoms with van der Waals surface area (Å²) in [5, 5.41) is 2.31. The smallest absolute Gasteiger partial charge is 0.214 e. The highest BCUT2D eigenvalue weighted by atomic mass is 14.9. The molecule has 2 aromatic heterocycles. The van der Waals surface area contributed by atoms with E-state index >= 15 is 0 Å². The zero-order valence-corrected chi connectivity index (χ0v) is 19.7. The van der Waals surface area contributed by atoms with Crippen LogP contribution < -0.4 is 27.5 Å². The van der Waals surface area contributed by atoms with Crippen LogP contribution in [0.2, 0.25) is 0 Å². The summed E-state index contributed by atoms with van der Waals surface area (Å²) in [5.74, 6) is 0. The molecule has 0 atom stereocenters. The van der Waals surface area contributed by atoms with Crippen LogP contribution in [0.4, 0.5) is 11.4 Å². The van der Waals surface area contributed by atoms with Gasteiger partial charge in [-0.05, 0) is 73.0 Å². The van der Waals surface area contributed by atoms with E-state index in [1.54, 1.807) is 0 Å². The molecule has 2 aliphatic rings. The van der Waals surface area contributed by atoms with Gasteiger partial charge in [0.05, 0.1) is 11.2 Å². The number of hydrogen-bond acceptors (Lipinski definition) is 5. The predicted octanol–water partition coefficient (Wildman–Crippen LogP) is 3.89. The summed E-state index contributed by atoms with van der Waals surface area (Å²) in [6, 6.07) is 16.1. The number of allylic oxidation sites excluding steroid dienone is 4. The van der Waals surface area contributed by atoms with Crippen LogP contribution in [0.25, 0.3) is 34.0 Å². The highest BCUT2D eigenvalue weighted by Gasteiger charge is 2.17. The average Bonchev–Trinajstić information content (AvgIpc) is 3.12. The molecule has 4 aromatic rings. The zero-order valence-electron chi connectivity index (χ0n) is 19.7. The van der Waals surface area contributed by atoms with E-state index in [4.69, 9.17) is 22.9 Å². The van der Waals surface area contributed by atoms with Gasteiger partial charge in [-0.25, -0.2) is 4.98 Å². The third-order valence-electron chi connectivity index (χ3n) is 6.29. The maximum Gasteiger partial charge on any atom is 0.214 e. The van der Waals surface area contributed by atoms with Gasteiger partial charge in [0.25, 0.3) is 0 Å². The lowest BCUT2D eigenvalue weighted by Gasteiger charge is -2.06. The normalized spacial score (nSPS) is 14.2. The largest absolute Gasteiger partial charge is 0.399 e. The Labute approximate surface area is 204 Å². The molecule has 8 N–H and O–H groups in total. The van der Waals surface area contributed by atoms with Gasteiger partial charge in [-0.2, -0.15) is 4.57 Å². The number of aromatic nitrogens is 2. The molecule has 6 rings (SSSR count). The number of nitrogens with two attached hydrogens (primary N) is 4.